The lowest BCUT2D eigenvalue weighted by molar-refractivity contribution is -0.144. The van der Waals surface area contributed by atoms with E-state index in [-0.39, 0.29) is 22.3 Å². The molecule has 11 heteroatoms. The van der Waals surface area contributed by atoms with Crippen molar-refractivity contribution in [3.8, 4) is 0 Å². The summed E-state index contributed by atoms with van der Waals surface area (Å²) in [5, 5.41) is 6.16. The fraction of sp³-hybridized carbons (Fsp3) is 0.417. The predicted molar refractivity (Wildman–Crippen MR) is 133 cm³/mol. The van der Waals surface area contributed by atoms with Crippen LogP contribution in [0.15, 0.2) is 47.4 Å². The maximum Gasteiger partial charge on any atom is 0.410 e. The van der Waals surface area contributed by atoms with Gasteiger partial charge in [0.1, 0.15) is 5.60 Å². The van der Waals surface area contributed by atoms with Crippen molar-refractivity contribution in [2.75, 3.05) is 19.6 Å². The fourth-order valence-electron chi connectivity index (χ4n) is 4.70. The number of hydrogen-bond donors (Lipinski definition) is 1. The van der Waals surface area contributed by atoms with Crippen LogP contribution in [0.4, 0.5) is 4.79 Å². The lowest BCUT2D eigenvalue weighted by Crippen LogP contribution is -2.79. The number of halogens is 2. The summed E-state index contributed by atoms with van der Waals surface area (Å²) in [6.45, 7) is 6.84. The number of sulfonamides is 1. The normalized spacial score (nSPS) is 19.2. The molecule has 2 saturated heterocycles. The Labute approximate surface area is 215 Å². The second-order valence-corrected chi connectivity index (χ2v) is 12.6. The lowest BCUT2D eigenvalue weighted by atomic mass is 9.64. The highest BCUT2D eigenvalue weighted by molar-refractivity contribution is 7.89. The molecular weight excluding hydrogens is 513 g/mol. The Morgan fingerprint density at radius 2 is 1.63 bits per heavy atom. The molecule has 1 unspecified atom stereocenters. The second-order valence-electron chi connectivity index (χ2n) is 10.2. The number of benzene rings is 2. The molecule has 2 amide bonds. The third-order valence-corrected chi connectivity index (χ3v) is 7.64. The molecular formula is C24H27Cl2N3O5S. The van der Waals surface area contributed by atoms with Crippen LogP contribution in [0.5, 0.6) is 0 Å². The average molecular weight is 540 g/mol. The monoisotopic (exact) mass is 539 g/mol. The van der Waals surface area contributed by atoms with Crippen molar-refractivity contribution in [3.05, 3.63) is 63.6 Å². The zero-order valence-electron chi connectivity index (χ0n) is 19.6. The maximum absolute atomic E-state index is 13.0. The van der Waals surface area contributed by atoms with Gasteiger partial charge in [-0.2, -0.15) is 0 Å². The minimum atomic E-state index is -3.83. The molecule has 188 valence electrons. The molecule has 1 spiro atoms. The van der Waals surface area contributed by atoms with Crippen LogP contribution in [-0.4, -0.2) is 61.5 Å². The van der Waals surface area contributed by atoms with Crippen LogP contribution in [0.25, 0.3) is 0 Å². The molecule has 2 aromatic rings. The number of primary sulfonamides is 1. The van der Waals surface area contributed by atoms with Crippen LogP contribution in [0.3, 0.4) is 0 Å². The molecule has 2 aliphatic heterocycles. The van der Waals surface area contributed by atoms with Crippen molar-refractivity contribution in [2.24, 2.45) is 10.6 Å². The van der Waals surface area contributed by atoms with E-state index in [0.29, 0.717) is 41.7 Å². The summed E-state index contributed by atoms with van der Waals surface area (Å²) < 4.78 is 28.5. The number of hydrogen-bond acceptors (Lipinski definition) is 5. The molecule has 2 aliphatic rings. The first kappa shape index (κ1) is 25.8. The van der Waals surface area contributed by atoms with Gasteiger partial charge in [-0.1, -0.05) is 23.2 Å². The molecule has 2 aromatic carbocycles. The van der Waals surface area contributed by atoms with Crippen LogP contribution in [0.1, 0.15) is 36.7 Å². The van der Waals surface area contributed by atoms with Gasteiger partial charge in [0.2, 0.25) is 10.0 Å². The van der Waals surface area contributed by atoms with E-state index < -0.39 is 21.7 Å². The van der Waals surface area contributed by atoms with Crippen LogP contribution < -0.4 is 5.14 Å². The van der Waals surface area contributed by atoms with E-state index in [1.807, 2.05) is 32.9 Å². The topological polar surface area (TPSA) is 110 Å². The van der Waals surface area contributed by atoms with Gasteiger partial charge in [0.05, 0.1) is 4.90 Å². The van der Waals surface area contributed by atoms with E-state index in [2.05, 4.69) is 0 Å². The van der Waals surface area contributed by atoms with Crippen molar-refractivity contribution in [3.63, 3.8) is 0 Å². The minimum Gasteiger partial charge on any atom is -0.444 e. The Morgan fingerprint density at radius 3 is 2.14 bits per heavy atom. The highest BCUT2D eigenvalue weighted by Crippen LogP contribution is 2.48. The summed E-state index contributed by atoms with van der Waals surface area (Å²) in [6, 6.07) is 10.6. The summed E-state index contributed by atoms with van der Waals surface area (Å²) in [5.41, 5.74) is 0.355. The number of rotatable bonds is 4. The van der Waals surface area contributed by atoms with Crippen molar-refractivity contribution >= 4 is 45.2 Å². The first-order valence-corrected chi connectivity index (χ1v) is 13.3. The average Bonchev–Trinajstić information content (AvgIpc) is 2.67. The van der Waals surface area contributed by atoms with Gasteiger partial charge in [-0.25, -0.2) is 18.4 Å². The van der Waals surface area contributed by atoms with Gasteiger partial charge in [-0.05, 0) is 75.2 Å². The standard InChI is InChI=1S/C24H27Cl2N3O5S/c1-23(2,3)34-22(31)29-14-24(20(29)10-15-8-17(25)11-18(26)9-15)12-28(13-24)21(30)16-4-6-19(7-5-16)35(27,32)33/h4-9,11,20H,10,12-14H2,1-3H3,(H2,27,32,33). The maximum atomic E-state index is 13.0. The largest absolute Gasteiger partial charge is 0.444 e. The summed E-state index contributed by atoms with van der Waals surface area (Å²) in [6.07, 6.45) is 0.120. The molecule has 2 N–H and O–H groups in total. The lowest BCUT2D eigenvalue weighted by Gasteiger charge is -2.65. The highest BCUT2D eigenvalue weighted by atomic mass is 35.5. The fourth-order valence-corrected chi connectivity index (χ4v) is 5.79. The van der Waals surface area contributed by atoms with E-state index in [9.17, 15) is 18.0 Å². The number of nitrogens with two attached hydrogens (primary N) is 1. The molecule has 0 saturated carbocycles. The van der Waals surface area contributed by atoms with E-state index >= 15 is 0 Å². The number of nitrogens with zero attached hydrogens (tertiary/aromatic N) is 2. The molecule has 4 rings (SSSR count). The van der Waals surface area contributed by atoms with Gasteiger partial charge in [0.15, 0.2) is 0 Å². The summed E-state index contributed by atoms with van der Waals surface area (Å²) in [5.74, 6) is -0.211. The van der Waals surface area contributed by atoms with Gasteiger partial charge in [0, 0.05) is 46.7 Å². The Morgan fingerprint density at radius 1 is 1.06 bits per heavy atom. The SMILES string of the molecule is CC(C)(C)OC(=O)N1CC2(CN(C(=O)c3ccc(S(N)(=O)=O)cc3)C2)C1Cc1cc(Cl)cc(Cl)c1. The molecule has 2 heterocycles. The number of carbonyl (C=O) groups is 2. The number of carbonyl (C=O) groups excluding carboxylic acids is 2. The van der Waals surface area contributed by atoms with E-state index in [1.165, 1.54) is 24.3 Å². The van der Waals surface area contributed by atoms with Crippen LogP contribution in [0.2, 0.25) is 10.0 Å². The zero-order chi connectivity index (χ0) is 25.8. The Balaban J connectivity index is 1.51. The second kappa shape index (κ2) is 8.96. The van der Waals surface area contributed by atoms with Crippen LogP contribution >= 0.6 is 23.2 Å². The van der Waals surface area contributed by atoms with Crippen LogP contribution in [0, 0.1) is 5.41 Å². The Bertz CT molecular complexity index is 1250. The van der Waals surface area contributed by atoms with E-state index in [4.69, 9.17) is 33.1 Å². The zero-order valence-corrected chi connectivity index (χ0v) is 22.0. The first-order valence-electron chi connectivity index (χ1n) is 11.0. The highest BCUT2D eigenvalue weighted by Gasteiger charge is 2.62. The van der Waals surface area contributed by atoms with Gasteiger partial charge in [-0.15, -0.1) is 0 Å². The van der Waals surface area contributed by atoms with Gasteiger partial charge in [0.25, 0.3) is 5.91 Å². The molecule has 1 atom stereocenters. The van der Waals surface area contributed by atoms with Crippen molar-refractivity contribution in [1.82, 2.24) is 9.80 Å². The number of amides is 2. The van der Waals surface area contributed by atoms with E-state index in [0.717, 1.165) is 5.56 Å². The predicted octanol–water partition coefficient (Wildman–Crippen LogP) is 3.95. The number of ether oxygens (including phenoxy) is 1. The summed E-state index contributed by atoms with van der Waals surface area (Å²) >= 11 is 12.4. The van der Waals surface area contributed by atoms with Crippen molar-refractivity contribution in [1.29, 1.82) is 0 Å². The molecule has 0 aromatic heterocycles. The third-order valence-electron chi connectivity index (χ3n) is 6.28. The summed E-state index contributed by atoms with van der Waals surface area (Å²) in [4.78, 5) is 29.2. The number of likely N-dealkylation sites (tertiary alicyclic amines) is 2. The molecule has 35 heavy (non-hydrogen) atoms. The van der Waals surface area contributed by atoms with Gasteiger partial charge < -0.3 is 14.5 Å². The third kappa shape index (κ3) is 5.43. The molecule has 0 bridgehead atoms. The molecule has 0 radical (unpaired) electrons. The molecule has 2 fully saturated rings. The first-order chi connectivity index (χ1) is 16.2. The quantitative estimate of drug-likeness (QED) is 0.632. The molecule has 8 nitrogen and oxygen atoms in total. The van der Waals surface area contributed by atoms with Crippen molar-refractivity contribution < 1.29 is 22.7 Å². The molecule has 0 aliphatic carbocycles. The van der Waals surface area contributed by atoms with Crippen molar-refractivity contribution in [2.45, 2.75) is 43.7 Å². The van der Waals surface area contributed by atoms with Gasteiger partial charge in [-0.3, -0.25) is 4.79 Å². The Hall–Kier alpha value is -2.33. The summed E-state index contributed by atoms with van der Waals surface area (Å²) in [7, 11) is -3.83. The smallest absolute Gasteiger partial charge is 0.410 e. The van der Waals surface area contributed by atoms with E-state index in [1.54, 1.807) is 15.9 Å². The Kier molecular flexibility index (Phi) is 6.59. The van der Waals surface area contributed by atoms with Gasteiger partial charge >= 0.3 is 6.09 Å². The minimum absolute atomic E-state index is 0.0543. The van der Waals surface area contributed by atoms with Crippen LogP contribution in [-0.2, 0) is 21.2 Å².